The maximum absolute atomic E-state index is 12.1. The first-order valence-electron chi connectivity index (χ1n) is 4.64. The molecule has 17 heavy (non-hydrogen) atoms. The third kappa shape index (κ3) is 4.66. The molecule has 0 heterocycles. The predicted molar refractivity (Wildman–Crippen MR) is 55.6 cm³/mol. The van der Waals surface area contributed by atoms with Crippen molar-refractivity contribution in [3.05, 3.63) is 23.8 Å². The van der Waals surface area contributed by atoms with Gasteiger partial charge in [-0.15, -0.1) is 13.2 Å². The Hall–Kier alpha value is -1.87. The lowest BCUT2D eigenvalue weighted by Crippen LogP contribution is -2.17. The van der Waals surface area contributed by atoms with Gasteiger partial charge in [-0.2, -0.15) is 0 Å². The van der Waals surface area contributed by atoms with Gasteiger partial charge in [0.2, 0.25) is 0 Å². The van der Waals surface area contributed by atoms with Crippen LogP contribution < -0.4 is 10.1 Å². The number of hydrogen-bond donors (Lipinski definition) is 2. The number of phenols is 1. The van der Waals surface area contributed by atoms with Crippen molar-refractivity contribution < 1.29 is 23.0 Å². The molecule has 0 amide bonds. The Bertz CT molecular complexity index is 446. The second-order valence-electron chi connectivity index (χ2n) is 3.06. The molecule has 6 heteroatoms. The van der Waals surface area contributed by atoms with Crippen LogP contribution in [0, 0.1) is 11.8 Å². The van der Waals surface area contributed by atoms with E-state index in [-0.39, 0.29) is 11.3 Å². The summed E-state index contributed by atoms with van der Waals surface area (Å²) < 4.78 is 40.0. The SMILES string of the molecule is CNCC#Cc1cc(O)ccc1OC(F)(F)F. The van der Waals surface area contributed by atoms with Gasteiger partial charge in [-0.1, -0.05) is 11.8 Å². The smallest absolute Gasteiger partial charge is 0.508 e. The third-order valence-electron chi connectivity index (χ3n) is 1.68. The maximum atomic E-state index is 12.1. The van der Waals surface area contributed by atoms with Crippen LogP contribution in [-0.4, -0.2) is 25.1 Å². The highest BCUT2D eigenvalue weighted by atomic mass is 19.4. The van der Waals surface area contributed by atoms with Gasteiger partial charge in [0.25, 0.3) is 0 Å². The van der Waals surface area contributed by atoms with Crippen LogP contribution in [0.25, 0.3) is 0 Å². The molecular formula is C11H10F3NO2. The number of benzene rings is 1. The summed E-state index contributed by atoms with van der Waals surface area (Å²) in [6.45, 7) is 0.321. The minimum Gasteiger partial charge on any atom is -0.508 e. The molecule has 3 nitrogen and oxygen atoms in total. The lowest BCUT2D eigenvalue weighted by Gasteiger charge is -2.10. The fraction of sp³-hybridized carbons (Fsp3) is 0.273. The van der Waals surface area contributed by atoms with Gasteiger partial charge in [-0.25, -0.2) is 0 Å². The van der Waals surface area contributed by atoms with Gasteiger partial charge in [0.1, 0.15) is 11.5 Å². The van der Waals surface area contributed by atoms with Gasteiger partial charge in [-0.05, 0) is 25.2 Å². The van der Waals surface area contributed by atoms with Crippen LogP contribution in [0.3, 0.4) is 0 Å². The summed E-state index contributed by atoms with van der Waals surface area (Å²) in [6, 6.07) is 3.24. The molecule has 0 fully saturated rings. The van der Waals surface area contributed by atoms with Crippen molar-refractivity contribution >= 4 is 0 Å². The van der Waals surface area contributed by atoms with Gasteiger partial charge in [0.05, 0.1) is 12.1 Å². The van der Waals surface area contributed by atoms with Crippen LogP contribution in [-0.2, 0) is 0 Å². The number of alkyl halides is 3. The summed E-state index contributed by atoms with van der Waals surface area (Å²) in [5.41, 5.74) is -0.0161. The van der Waals surface area contributed by atoms with E-state index < -0.39 is 12.1 Å². The summed E-state index contributed by atoms with van der Waals surface area (Å²) in [5, 5.41) is 11.9. The number of ether oxygens (including phenoxy) is 1. The van der Waals surface area contributed by atoms with Crippen LogP contribution in [0.4, 0.5) is 13.2 Å². The van der Waals surface area contributed by atoms with Gasteiger partial charge in [-0.3, -0.25) is 0 Å². The van der Waals surface area contributed by atoms with Gasteiger partial charge < -0.3 is 15.2 Å². The summed E-state index contributed by atoms with van der Waals surface area (Å²) >= 11 is 0. The molecule has 92 valence electrons. The van der Waals surface area contributed by atoms with Crippen molar-refractivity contribution in [3.8, 4) is 23.3 Å². The molecule has 0 saturated heterocycles. The second-order valence-corrected chi connectivity index (χ2v) is 3.06. The number of halogens is 3. The van der Waals surface area contributed by atoms with E-state index in [4.69, 9.17) is 0 Å². The Morgan fingerprint density at radius 1 is 1.41 bits per heavy atom. The summed E-state index contributed by atoms with van der Waals surface area (Å²) in [7, 11) is 1.66. The fourth-order valence-corrected chi connectivity index (χ4v) is 1.06. The molecule has 0 aliphatic heterocycles. The van der Waals surface area contributed by atoms with E-state index in [0.29, 0.717) is 6.54 Å². The highest BCUT2D eigenvalue weighted by Crippen LogP contribution is 2.28. The molecule has 1 rings (SSSR count). The molecule has 0 saturated carbocycles. The average Bonchev–Trinajstić information content (AvgIpc) is 2.20. The van der Waals surface area contributed by atoms with E-state index >= 15 is 0 Å². The normalized spacial score (nSPS) is 10.6. The van der Waals surface area contributed by atoms with E-state index in [0.717, 1.165) is 18.2 Å². The molecule has 0 bridgehead atoms. The van der Waals surface area contributed by atoms with Crippen LogP contribution in [0.15, 0.2) is 18.2 Å². The Balaban J connectivity index is 3.01. The molecule has 1 aromatic rings. The summed E-state index contributed by atoms with van der Waals surface area (Å²) in [6.07, 6.45) is -4.78. The monoisotopic (exact) mass is 245 g/mol. The first-order valence-corrected chi connectivity index (χ1v) is 4.64. The predicted octanol–water partition coefficient (Wildman–Crippen LogP) is 1.86. The summed E-state index contributed by atoms with van der Waals surface area (Å²) in [5.74, 6) is 4.46. The first-order chi connectivity index (χ1) is 7.92. The van der Waals surface area contributed by atoms with Crippen LogP contribution in [0.1, 0.15) is 5.56 Å². The van der Waals surface area contributed by atoms with Gasteiger partial charge in [0, 0.05) is 0 Å². The topological polar surface area (TPSA) is 41.5 Å². The van der Waals surface area contributed by atoms with Crippen molar-refractivity contribution in [1.82, 2.24) is 5.32 Å². The highest BCUT2D eigenvalue weighted by molar-refractivity contribution is 5.49. The number of aromatic hydroxyl groups is 1. The molecule has 0 aliphatic rings. The number of phenolic OH excluding ortho intramolecular Hbond substituents is 1. The van der Waals surface area contributed by atoms with E-state index in [1.54, 1.807) is 7.05 Å². The van der Waals surface area contributed by atoms with Gasteiger partial charge in [0.15, 0.2) is 0 Å². The second kappa shape index (κ2) is 5.46. The fourth-order valence-electron chi connectivity index (χ4n) is 1.06. The van der Waals surface area contributed by atoms with Crippen molar-refractivity contribution in [1.29, 1.82) is 0 Å². The van der Waals surface area contributed by atoms with Crippen LogP contribution in [0.2, 0.25) is 0 Å². The largest absolute Gasteiger partial charge is 0.573 e. The lowest BCUT2D eigenvalue weighted by atomic mass is 10.2. The van der Waals surface area contributed by atoms with E-state index in [1.807, 2.05) is 0 Å². The molecule has 1 aromatic carbocycles. The molecule has 0 aromatic heterocycles. The Labute approximate surface area is 96.2 Å². The summed E-state index contributed by atoms with van der Waals surface area (Å²) in [4.78, 5) is 0. The Kier molecular flexibility index (Phi) is 4.24. The van der Waals surface area contributed by atoms with E-state index in [9.17, 15) is 18.3 Å². The lowest BCUT2D eigenvalue weighted by molar-refractivity contribution is -0.274. The molecule has 0 spiro atoms. The Morgan fingerprint density at radius 2 is 2.12 bits per heavy atom. The minimum atomic E-state index is -4.78. The van der Waals surface area contributed by atoms with E-state index in [2.05, 4.69) is 21.9 Å². The number of rotatable bonds is 2. The average molecular weight is 245 g/mol. The number of hydrogen-bond acceptors (Lipinski definition) is 3. The highest BCUT2D eigenvalue weighted by Gasteiger charge is 2.32. The molecule has 2 N–H and O–H groups in total. The molecule has 0 radical (unpaired) electrons. The van der Waals surface area contributed by atoms with Crippen molar-refractivity contribution in [2.45, 2.75) is 6.36 Å². The number of nitrogens with one attached hydrogen (secondary N) is 1. The van der Waals surface area contributed by atoms with Crippen LogP contribution in [0.5, 0.6) is 11.5 Å². The minimum absolute atomic E-state index is 0.0161. The Morgan fingerprint density at radius 3 is 2.71 bits per heavy atom. The molecule has 0 aliphatic carbocycles. The van der Waals surface area contributed by atoms with Crippen molar-refractivity contribution in [2.75, 3.05) is 13.6 Å². The molecular weight excluding hydrogens is 235 g/mol. The third-order valence-corrected chi connectivity index (χ3v) is 1.68. The van der Waals surface area contributed by atoms with Crippen molar-refractivity contribution in [2.24, 2.45) is 0 Å². The quantitative estimate of drug-likeness (QED) is 0.781. The first kappa shape index (κ1) is 13.2. The molecule has 0 atom stereocenters. The van der Waals surface area contributed by atoms with Gasteiger partial charge >= 0.3 is 6.36 Å². The zero-order valence-electron chi connectivity index (χ0n) is 8.93. The maximum Gasteiger partial charge on any atom is 0.573 e. The van der Waals surface area contributed by atoms with Crippen LogP contribution >= 0.6 is 0 Å². The van der Waals surface area contributed by atoms with Crippen molar-refractivity contribution in [3.63, 3.8) is 0 Å². The zero-order valence-corrected chi connectivity index (χ0v) is 8.93. The van der Waals surface area contributed by atoms with E-state index in [1.165, 1.54) is 0 Å². The zero-order chi connectivity index (χ0) is 12.9. The molecule has 0 unspecified atom stereocenters. The standard InChI is InChI=1S/C11H10F3NO2/c1-15-6-2-3-8-7-9(16)4-5-10(8)17-11(12,13)14/h4-5,7,15-16H,6H2,1H3.